The lowest BCUT2D eigenvalue weighted by atomic mass is 10.2. The van der Waals surface area contributed by atoms with Crippen molar-refractivity contribution in [3.8, 4) is 11.5 Å². The van der Waals surface area contributed by atoms with Gasteiger partial charge in [0.25, 0.3) is 5.22 Å². The van der Waals surface area contributed by atoms with Crippen LogP contribution in [0.5, 0.6) is 0 Å². The van der Waals surface area contributed by atoms with Crippen LogP contribution in [0, 0.1) is 5.82 Å². The molecule has 0 aliphatic heterocycles. The zero-order valence-corrected chi connectivity index (χ0v) is 12.7. The van der Waals surface area contributed by atoms with Crippen molar-refractivity contribution in [2.24, 2.45) is 0 Å². The number of benzene rings is 1. The number of imide groups is 1. The Morgan fingerprint density at radius 3 is 2.70 bits per heavy atom. The summed E-state index contributed by atoms with van der Waals surface area (Å²) in [6, 6.07) is 5.31. The number of carbonyl (C=O) groups is 2. The van der Waals surface area contributed by atoms with Crippen LogP contribution in [-0.4, -0.2) is 33.9 Å². The quantitative estimate of drug-likeness (QED) is 0.810. The molecule has 2 aromatic rings. The molecule has 0 atom stereocenters. The maximum absolute atomic E-state index is 12.9. The van der Waals surface area contributed by atoms with E-state index in [9.17, 15) is 14.0 Å². The van der Waals surface area contributed by atoms with Gasteiger partial charge < -0.3 is 9.73 Å². The molecule has 0 spiro atoms. The molecule has 7 nitrogen and oxygen atoms in total. The fourth-order valence-electron chi connectivity index (χ4n) is 1.72. The second-order valence-corrected chi connectivity index (χ2v) is 5.89. The lowest BCUT2D eigenvalue weighted by molar-refractivity contribution is -0.117. The molecule has 1 aliphatic rings. The second kappa shape index (κ2) is 6.78. The van der Waals surface area contributed by atoms with Crippen molar-refractivity contribution in [2.75, 3.05) is 5.75 Å². The van der Waals surface area contributed by atoms with Crippen LogP contribution in [0.4, 0.5) is 9.18 Å². The molecule has 3 rings (SSSR count). The number of rotatable bonds is 5. The van der Waals surface area contributed by atoms with Gasteiger partial charge in [-0.3, -0.25) is 10.1 Å². The smallest absolute Gasteiger partial charge is 0.321 e. The molecule has 0 saturated heterocycles. The maximum Gasteiger partial charge on any atom is 0.321 e. The molecule has 1 aromatic carbocycles. The Morgan fingerprint density at radius 2 is 2.00 bits per heavy atom. The number of hydrogen-bond donors (Lipinski definition) is 2. The highest BCUT2D eigenvalue weighted by atomic mass is 32.2. The lowest BCUT2D eigenvalue weighted by Crippen LogP contribution is -2.41. The number of thioether (sulfide) groups is 1. The molecule has 1 aliphatic carbocycles. The molecule has 1 heterocycles. The van der Waals surface area contributed by atoms with E-state index in [-0.39, 0.29) is 28.7 Å². The van der Waals surface area contributed by atoms with Gasteiger partial charge in [-0.2, -0.15) is 0 Å². The minimum atomic E-state index is -0.490. The number of hydrogen-bond acceptors (Lipinski definition) is 6. The standard InChI is InChI=1S/C14H13FN4O3S/c15-9-3-1-8(2-4-9)12-18-19-14(22-12)23-7-11(20)17-13(21)16-10-5-6-10/h1-4,10H,5-7H2,(H2,16,17,20,21). The lowest BCUT2D eigenvalue weighted by Gasteiger charge is -2.03. The molecule has 2 N–H and O–H groups in total. The van der Waals surface area contributed by atoms with Crippen molar-refractivity contribution < 1.29 is 18.4 Å². The van der Waals surface area contributed by atoms with Crippen molar-refractivity contribution in [2.45, 2.75) is 24.1 Å². The Kier molecular flexibility index (Phi) is 4.56. The molecule has 1 fully saturated rings. The van der Waals surface area contributed by atoms with Crippen LogP contribution in [0.25, 0.3) is 11.5 Å². The van der Waals surface area contributed by atoms with Gasteiger partial charge in [-0.15, -0.1) is 10.2 Å². The summed E-state index contributed by atoms with van der Waals surface area (Å²) in [7, 11) is 0. The summed E-state index contributed by atoms with van der Waals surface area (Å²) in [4.78, 5) is 23.0. The summed E-state index contributed by atoms with van der Waals surface area (Å²) >= 11 is 1.02. The predicted molar refractivity (Wildman–Crippen MR) is 80.1 cm³/mol. The van der Waals surface area contributed by atoms with Gasteiger partial charge in [-0.25, -0.2) is 9.18 Å². The Hall–Kier alpha value is -2.42. The number of halogens is 1. The summed E-state index contributed by atoms with van der Waals surface area (Å²) in [6.07, 6.45) is 1.90. The van der Waals surface area contributed by atoms with Crippen LogP contribution in [0.2, 0.25) is 0 Å². The zero-order valence-electron chi connectivity index (χ0n) is 11.9. The molecule has 23 heavy (non-hydrogen) atoms. The minimum Gasteiger partial charge on any atom is -0.411 e. The van der Waals surface area contributed by atoms with E-state index in [0.717, 1.165) is 24.6 Å². The van der Waals surface area contributed by atoms with E-state index in [1.165, 1.54) is 24.3 Å². The first kappa shape index (κ1) is 15.5. The summed E-state index contributed by atoms with van der Waals surface area (Å²) < 4.78 is 18.2. The summed E-state index contributed by atoms with van der Waals surface area (Å²) in [5.41, 5.74) is 0.582. The number of amides is 3. The molecule has 0 radical (unpaired) electrons. The van der Waals surface area contributed by atoms with Crippen molar-refractivity contribution in [3.63, 3.8) is 0 Å². The minimum absolute atomic E-state index is 0.0247. The van der Waals surface area contributed by atoms with Gasteiger partial charge in [0.2, 0.25) is 11.8 Å². The van der Waals surface area contributed by atoms with Gasteiger partial charge in [0.1, 0.15) is 5.82 Å². The molecule has 1 saturated carbocycles. The predicted octanol–water partition coefficient (Wildman–Crippen LogP) is 1.96. The van der Waals surface area contributed by atoms with E-state index in [1.54, 1.807) is 0 Å². The van der Waals surface area contributed by atoms with Gasteiger partial charge in [0, 0.05) is 11.6 Å². The number of nitrogens with one attached hydrogen (secondary N) is 2. The first-order valence-electron chi connectivity index (χ1n) is 6.93. The van der Waals surface area contributed by atoms with E-state index in [2.05, 4.69) is 20.8 Å². The largest absolute Gasteiger partial charge is 0.411 e. The third-order valence-corrected chi connectivity index (χ3v) is 3.81. The number of nitrogens with zero attached hydrogens (tertiary/aromatic N) is 2. The van der Waals surface area contributed by atoms with Crippen LogP contribution in [0.3, 0.4) is 0 Å². The normalized spacial score (nSPS) is 13.6. The van der Waals surface area contributed by atoms with Crippen LogP contribution in [-0.2, 0) is 4.79 Å². The van der Waals surface area contributed by atoms with Gasteiger partial charge in [0.15, 0.2) is 0 Å². The topological polar surface area (TPSA) is 97.1 Å². The molecule has 9 heteroatoms. The molecule has 120 valence electrons. The highest BCUT2D eigenvalue weighted by molar-refractivity contribution is 7.99. The van der Waals surface area contributed by atoms with Gasteiger partial charge in [-0.05, 0) is 37.1 Å². The van der Waals surface area contributed by atoms with Crippen LogP contribution in [0.15, 0.2) is 33.9 Å². The number of carbonyl (C=O) groups excluding carboxylic acids is 2. The highest BCUT2D eigenvalue weighted by Crippen LogP contribution is 2.23. The number of aromatic nitrogens is 2. The van der Waals surface area contributed by atoms with Crippen LogP contribution < -0.4 is 10.6 Å². The summed E-state index contributed by atoms with van der Waals surface area (Å²) in [5.74, 6) is -0.596. The van der Waals surface area contributed by atoms with E-state index in [0.29, 0.717) is 5.56 Å². The summed E-state index contributed by atoms with van der Waals surface area (Å²) in [6.45, 7) is 0. The maximum atomic E-state index is 12.9. The van der Waals surface area contributed by atoms with Crippen molar-refractivity contribution >= 4 is 23.7 Å². The van der Waals surface area contributed by atoms with Gasteiger partial charge in [-0.1, -0.05) is 11.8 Å². The van der Waals surface area contributed by atoms with E-state index < -0.39 is 11.9 Å². The Bertz CT molecular complexity index is 715. The van der Waals surface area contributed by atoms with Crippen molar-refractivity contribution in [1.82, 2.24) is 20.8 Å². The highest BCUT2D eigenvalue weighted by Gasteiger charge is 2.24. The van der Waals surface area contributed by atoms with E-state index in [1.807, 2.05) is 0 Å². The van der Waals surface area contributed by atoms with Crippen molar-refractivity contribution in [1.29, 1.82) is 0 Å². The first-order chi connectivity index (χ1) is 11.1. The molecule has 3 amide bonds. The van der Waals surface area contributed by atoms with Crippen LogP contribution in [0.1, 0.15) is 12.8 Å². The van der Waals surface area contributed by atoms with Gasteiger partial charge in [0.05, 0.1) is 5.75 Å². The molecular formula is C14H13FN4O3S. The van der Waals surface area contributed by atoms with Gasteiger partial charge >= 0.3 is 6.03 Å². The van der Waals surface area contributed by atoms with E-state index >= 15 is 0 Å². The molecule has 0 unspecified atom stereocenters. The fourth-order valence-corrected chi connectivity index (χ4v) is 2.28. The zero-order chi connectivity index (χ0) is 16.2. The Morgan fingerprint density at radius 1 is 1.26 bits per heavy atom. The second-order valence-electron chi connectivity index (χ2n) is 4.96. The summed E-state index contributed by atoms with van der Waals surface area (Å²) in [5, 5.41) is 12.7. The number of urea groups is 1. The Labute approximate surface area is 135 Å². The molecule has 1 aromatic heterocycles. The third kappa shape index (κ3) is 4.52. The molecule has 0 bridgehead atoms. The average Bonchev–Trinajstić information content (AvgIpc) is 3.20. The SMILES string of the molecule is O=C(CSc1nnc(-c2ccc(F)cc2)o1)NC(=O)NC1CC1. The fraction of sp³-hybridized carbons (Fsp3) is 0.286. The molecular weight excluding hydrogens is 323 g/mol. The van der Waals surface area contributed by atoms with Crippen LogP contribution >= 0.6 is 11.8 Å². The third-order valence-electron chi connectivity index (χ3n) is 2.99. The monoisotopic (exact) mass is 336 g/mol. The first-order valence-corrected chi connectivity index (χ1v) is 7.91. The average molecular weight is 336 g/mol. The van der Waals surface area contributed by atoms with E-state index in [4.69, 9.17) is 4.42 Å². The van der Waals surface area contributed by atoms with Crippen molar-refractivity contribution in [3.05, 3.63) is 30.1 Å². The Balaban J connectivity index is 1.49.